The van der Waals surface area contributed by atoms with E-state index in [-0.39, 0.29) is 18.0 Å². The third-order valence-electron chi connectivity index (χ3n) is 4.22. The average molecular weight is 423 g/mol. The molecule has 0 N–H and O–H groups in total. The summed E-state index contributed by atoms with van der Waals surface area (Å²) < 4.78 is 26.7. The molecule has 0 aliphatic carbocycles. The molecule has 2 aromatic carbocycles. The molecule has 0 radical (unpaired) electrons. The second-order valence-electron chi connectivity index (χ2n) is 5.69. The molecule has 0 bridgehead atoms. The fraction of sp³-hybridized carbons (Fsp3) is 0.176. The molecule has 0 aromatic heterocycles. The van der Waals surface area contributed by atoms with Crippen LogP contribution in [0.25, 0.3) is 0 Å². The van der Waals surface area contributed by atoms with E-state index in [1.54, 1.807) is 35.2 Å². The molecular formula is C17H15BrN2O4S. The van der Waals surface area contributed by atoms with Gasteiger partial charge in [-0.2, -0.15) is 0 Å². The van der Waals surface area contributed by atoms with Crippen LogP contribution in [0.5, 0.6) is 0 Å². The topological polar surface area (TPSA) is 80.3 Å². The number of rotatable bonds is 6. The number of nitro groups is 1. The Bertz CT molecular complexity index is 943. The average Bonchev–Trinajstić information content (AvgIpc) is 3.33. The summed E-state index contributed by atoms with van der Waals surface area (Å²) in [5.41, 5.74) is 1.23. The highest BCUT2D eigenvalue weighted by Gasteiger charge is 2.63. The van der Waals surface area contributed by atoms with E-state index in [9.17, 15) is 18.5 Å². The van der Waals surface area contributed by atoms with Gasteiger partial charge >= 0.3 is 0 Å². The Hall–Kier alpha value is -2.19. The predicted molar refractivity (Wildman–Crippen MR) is 100 cm³/mol. The van der Waals surface area contributed by atoms with Crippen LogP contribution in [-0.4, -0.2) is 25.6 Å². The molecule has 1 fully saturated rings. The number of hydrogen-bond donors (Lipinski definition) is 0. The van der Waals surface area contributed by atoms with Crippen LogP contribution in [-0.2, 0) is 14.7 Å². The Labute approximate surface area is 154 Å². The van der Waals surface area contributed by atoms with Crippen LogP contribution >= 0.6 is 15.9 Å². The van der Waals surface area contributed by atoms with Gasteiger partial charge in [0.05, 0.1) is 17.2 Å². The Morgan fingerprint density at radius 1 is 1.24 bits per heavy atom. The summed E-state index contributed by atoms with van der Waals surface area (Å²) in [6.45, 7) is 3.83. The number of halogens is 1. The number of hydrogen-bond acceptors (Lipinski definition) is 5. The van der Waals surface area contributed by atoms with Crippen LogP contribution in [0.15, 0.2) is 65.7 Å². The summed E-state index contributed by atoms with van der Waals surface area (Å²) in [7, 11) is -3.55. The van der Waals surface area contributed by atoms with Gasteiger partial charge in [-0.25, -0.2) is 8.42 Å². The van der Waals surface area contributed by atoms with Crippen molar-refractivity contribution in [3.63, 3.8) is 0 Å². The van der Waals surface area contributed by atoms with Gasteiger partial charge in [0.2, 0.25) is 0 Å². The zero-order valence-corrected chi connectivity index (χ0v) is 15.5. The maximum Gasteiger partial charge on any atom is 0.269 e. The molecule has 2 aromatic rings. The Morgan fingerprint density at radius 2 is 1.88 bits per heavy atom. The summed E-state index contributed by atoms with van der Waals surface area (Å²) in [6, 6.07) is 13.1. The van der Waals surface area contributed by atoms with Gasteiger partial charge in [-0.1, -0.05) is 40.2 Å². The molecule has 1 saturated heterocycles. The van der Waals surface area contributed by atoms with Gasteiger partial charge in [-0.3, -0.25) is 10.1 Å². The van der Waals surface area contributed by atoms with Crippen LogP contribution < -0.4 is 4.90 Å². The number of sulfone groups is 1. The standard InChI is InChI=1S/C17H15BrN2O4S/c1-2-11-25(23,24)17(15-5-3-4-6-16(15)18)12-19(17)13-7-9-14(10-8-13)20(21)22/h2-10H,1,11-12H2. The van der Waals surface area contributed by atoms with Crippen molar-refractivity contribution in [3.05, 3.63) is 81.3 Å². The van der Waals surface area contributed by atoms with Crippen molar-refractivity contribution < 1.29 is 13.3 Å². The van der Waals surface area contributed by atoms with E-state index >= 15 is 0 Å². The Balaban J connectivity index is 2.09. The van der Waals surface area contributed by atoms with Crippen molar-refractivity contribution in [2.45, 2.75) is 4.87 Å². The first-order chi connectivity index (χ1) is 11.8. The van der Waals surface area contributed by atoms with E-state index in [2.05, 4.69) is 22.5 Å². The van der Waals surface area contributed by atoms with Crippen molar-refractivity contribution >= 4 is 37.1 Å². The van der Waals surface area contributed by atoms with Crippen LogP contribution in [0.3, 0.4) is 0 Å². The van der Waals surface area contributed by atoms with E-state index < -0.39 is 19.6 Å². The number of nitrogens with zero attached hydrogens (tertiary/aromatic N) is 2. The van der Waals surface area contributed by atoms with Crippen molar-refractivity contribution in [2.24, 2.45) is 0 Å². The smallest absolute Gasteiger partial charge is 0.269 e. The van der Waals surface area contributed by atoms with Gasteiger partial charge in [0.1, 0.15) is 0 Å². The molecule has 1 unspecified atom stereocenters. The monoisotopic (exact) mass is 422 g/mol. The van der Waals surface area contributed by atoms with Crippen LogP contribution in [0.4, 0.5) is 11.4 Å². The fourth-order valence-corrected chi connectivity index (χ4v) is 5.58. The van der Waals surface area contributed by atoms with Gasteiger partial charge in [0.15, 0.2) is 14.7 Å². The van der Waals surface area contributed by atoms with Crippen molar-refractivity contribution in [1.29, 1.82) is 0 Å². The first-order valence-electron chi connectivity index (χ1n) is 7.44. The normalized spacial score (nSPS) is 19.5. The summed E-state index contributed by atoms with van der Waals surface area (Å²) in [5.74, 6) is -0.155. The van der Waals surface area contributed by atoms with Gasteiger partial charge in [-0.15, -0.1) is 6.58 Å². The van der Waals surface area contributed by atoms with Gasteiger partial charge in [0.25, 0.3) is 5.69 Å². The highest BCUT2D eigenvalue weighted by atomic mass is 79.9. The lowest BCUT2D eigenvalue weighted by Crippen LogP contribution is -2.30. The molecule has 1 heterocycles. The highest BCUT2D eigenvalue weighted by Crippen LogP contribution is 2.52. The third-order valence-corrected chi connectivity index (χ3v) is 7.19. The lowest BCUT2D eigenvalue weighted by molar-refractivity contribution is -0.384. The Morgan fingerprint density at radius 3 is 2.44 bits per heavy atom. The van der Waals surface area contributed by atoms with Crippen LogP contribution in [0, 0.1) is 10.1 Å². The van der Waals surface area contributed by atoms with Gasteiger partial charge in [-0.05, 0) is 18.2 Å². The minimum atomic E-state index is -3.55. The van der Waals surface area contributed by atoms with Gasteiger partial charge < -0.3 is 4.90 Å². The quantitative estimate of drug-likeness (QED) is 0.307. The summed E-state index contributed by atoms with van der Waals surface area (Å²) in [6.07, 6.45) is 1.38. The van der Waals surface area contributed by atoms with E-state index in [0.29, 0.717) is 15.7 Å². The highest BCUT2D eigenvalue weighted by molar-refractivity contribution is 9.10. The molecule has 6 nitrogen and oxygen atoms in total. The number of nitro benzene ring substituents is 1. The largest absolute Gasteiger partial charge is 0.343 e. The maximum absolute atomic E-state index is 13.0. The molecular weight excluding hydrogens is 408 g/mol. The maximum atomic E-state index is 13.0. The summed E-state index contributed by atoms with van der Waals surface area (Å²) in [5, 5.41) is 10.8. The molecule has 8 heteroatoms. The minimum absolute atomic E-state index is 0.0361. The lowest BCUT2D eigenvalue weighted by atomic mass is 10.1. The van der Waals surface area contributed by atoms with Gasteiger partial charge in [0, 0.05) is 27.9 Å². The van der Waals surface area contributed by atoms with E-state index in [4.69, 9.17) is 0 Å². The zero-order chi connectivity index (χ0) is 18.2. The minimum Gasteiger partial charge on any atom is -0.343 e. The first-order valence-corrected chi connectivity index (χ1v) is 9.88. The zero-order valence-electron chi connectivity index (χ0n) is 13.1. The van der Waals surface area contributed by atoms with Crippen LogP contribution in [0.1, 0.15) is 5.56 Å². The van der Waals surface area contributed by atoms with Crippen LogP contribution in [0.2, 0.25) is 0 Å². The molecule has 1 aliphatic heterocycles. The molecule has 1 aliphatic rings. The lowest BCUT2D eigenvalue weighted by Gasteiger charge is -2.20. The summed E-state index contributed by atoms with van der Waals surface area (Å²) in [4.78, 5) is 10.9. The molecule has 3 rings (SSSR count). The number of anilines is 1. The molecule has 130 valence electrons. The fourth-order valence-electron chi connectivity index (χ4n) is 2.97. The van der Waals surface area contributed by atoms with E-state index in [1.807, 2.05) is 6.07 Å². The molecule has 0 spiro atoms. The van der Waals surface area contributed by atoms with Crippen molar-refractivity contribution in [1.82, 2.24) is 0 Å². The van der Waals surface area contributed by atoms with E-state index in [1.165, 1.54) is 18.2 Å². The Kier molecular flexibility index (Phi) is 4.42. The predicted octanol–water partition coefficient (Wildman–Crippen LogP) is 3.63. The molecule has 1 atom stereocenters. The number of non-ortho nitro benzene ring substituents is 1. The second kappa shape index (κ2) is 6.27. The first kappa shape index (κ1) is 17.6. The number of benzene rings is 2. The third kappa shape index (κ3) is 2.85. The van der Waals surface area contributed by atoms with Crippen molar-refractivity contribution in [2.75, 3.05) is 17.2 Å². The SMILES string of the molecule is C=CCS(=O)(=O)C1(c2ccccc2Br)CN1c1ccc([N+](=O)[O-])cc1. The summed E-state index contributed by atoms with van der Waals surface area (Å²) >= 11 is 3.44. The second-order valence-corrected chi connectivity index (χ2v) is 8.79. The molecule has 0 saturated carbocycles. The van der Waals surface area contributed by atoms with Crippen molar-refractivity contribution in [3.8, 4) is 0 Å². The van der Waals surface area contributed by atoms with E-state index in [0.717, 1.165) is 0 Å². The molecule has 25 heavy (non-hydrogen) atoms. The molecule has 0 amide bonds.